The van der Waals surface area contributed by atoms with Crippen LogP contribution in [-0.4, -0.2) is 41.0 Å². The summed E-state index contributed by atoms with van der Waals surface area (Å²) in [6.45, 7) is 5.66. The van der Waals surface area contributed by atoms with Gasteiger partial charge in [0.2, 0.25) is 5.95 Å². The van der Waals surface area contributed by atoms with Crippen molar-refractivity contribution in [3.05, 3.63) is 48.0 Å². The molecule has 1 fully saturated rings. The van der Waals surface area contributed by atoms with Crippen molar-refractivity contribution in [2.24, 2.45) is 7.05 Å². The summed E-state index contributed by atoms with van der Waals surface area (Å²) in [6, 6.07) is 8.89. The topological polar surface area (TPSA) is 105 Å². The van der Waals surface area contributed by atoms with Crippen LogP contribution >= 0.6 is 0 Å². The monoisotopic (exact) mass is 427 g/mol. The lowest BCUT2D eigenvalue weighted by molar-refractivity contribution is 0.598. The van der Waals surface area contributed by atoms with Gasteiger partial charge in [-0.3, -0.25) is 4.72 Å². The van der Waals surface area contributed by atoms with E-state index in [1.165, 1.54) is 6.20 Å². The maximum atomic E-state index is 12.5. The molecule has 10 heteroatoms. The SMILES string of the molecule is Cc1cc(Nc2ccc(NS(=O)(=O)c3cn(C)c(C)n3)cc2)nc(N2CCCC2)n1. The second-order valence-corrected chi connectivity index (χ2v) is 9.06. The van der Waals surface area contributed by atoms with Crippen molar-refractivity contribution < 1.29 is 8.42 Å². The molecule has 0 saturated carbocycles. The number of benzene rings is 1. The Morgan fingerprint density at radius 3 is 2.27 bits per heavy atom. The highest BCUT2D eigenvalue weighted by atomic mass is 32.2. The number of nitrogens with zero attached hydrogens (tertiary/aromatic N) is 5. The van der Waals surface area contributed by atoms with E-state index in [0.29, 0.717) is 17.3 Å². The molecule has 0 atom stereocenters. The third kappa shape index (κ3) is 4.38. The number of imidazole rings is 1. The van der Waals surface area contributed by atoms with Crippen LogP contribution in [0.25, 0.3) is 0 Å². The second-order valence-electron chi connectivity index (χ2n) is 7.43. The van der Waals surface area contributed by atoms with Crippen molar-refractivity contribution in [3.8, 4) is 0 Å². The molecule has 9 nitrogen and oxygen atoms in total. The summed E-state index contributed by atoms with van der Waals surface area (Å²) in [7, 11) is -1.98. The summed E-state index contributed by atoms with van der Waals surface area (Å²) in [4.78, 5) is 15.4. The summed E-state index contributed by atoms with van der Waals surface area (Å²) < 4.78 is 29.3. The zero-order valence-corrected chi connectivity index (χ0v) is 18.1. The van der Waals surface area contributed by atoms with Gasteiger partial charge in [0.15, 0.2) is 5.03 Å². The van der Waals surface area contributed by atoms with Crippen molar-refractivity contribution in [1.29, 1.82) is 0 Å². The Morgan fingerprint density at radius 2 is 1.63 bits per heavy atom. The first-order valence-electron chi connectivity index (χ1n) is 9.81. The van der Waals surface area contributed by atoms with E-state index in [1.54, 1.807) is 42.8 Å². The van der Waals surface area contributed by atoms with Gasteiger partial charge in [0, 0.05) is 49.5 Å². The molecule has 30 heavy (non-hydrogen) atoms. The molecule has 3 heterocycles. The highest BCUT2D eigenvalue weighted by Crippen LogP contribution is 2.23. The van der Waals surface area contributed by atoms with E-state index in [4.69, 9.17) is 0 Å². The van der Waals surface area contributed by atoms with Crippen LogP contribution in [0, 0.1) is 13.8 Å². The van der Waals surface area contributed by atoms with E-state index in [2.05, 4.69) is 29.9 Å². The van der Waals surface area contributed by atoms with Gasteiger partial charge in [-0.25, -0.2) is 9.97 Å². The van der Waals surface area contributed by atoms with E-state index < -0.39 is 10.0 Å². The first-order chi connectivity index (χ1) is 14.3. The van der Waals surface area contributed by atoms with Gasteiger partial charge in [0.1, 0.15) is 11.6 Å². The number of hydrogen-bond acceptors (Lipinski definition) is 7. The summed E-state index contributed by atoms with van der Waals surface area (Å²) in [5, 5.41) is 3.27. The van der Waals surface area contributed by atoms with E-state index >= 15 is 0 Å². The average molecular weight is 428 g/mol. The summed E-state index contributed by atoms with van der Waals surface area (Å²) in [5.41, 5.74) is 2.15. The molecular formula is C20H25N7O2S. The molecule has 0 aliphatic carbocycles. The van der Waals surface area contributed by atoms with Crippen LogP contribution in [0.3, 0.4) is 0 Å². The third-order valence-corrected chi connectivity index (χ3v) is 6.25. The molecule has 2 N–H and O–H groups in total. The van der Waals surface area contributed by atoms with Crippen LogP contribution in [0.4, 0.5) is 23.1 Å². The molecule has 0 bridgehead atoms. The number of aryl methyl sites for hydroxylation is 3. The van der Waals surface area contributed by atoms with Gasteiger partial charge in [-0.1, -0.05) is 0 Å². The molecule has 1 aliphatic rings. The van der Waals surface area contributed by atoms with E-state index in [9.17, 15) is 8.42 Å². The Bertz CT molecular complexity index is 1130. The molecule has 1 saturated heterocycles. The van der Waals surface area contributed by atoms with Crippen LogP contribution in [0.1, 0.15) is 24.4 Å². The number of rotatable bonds is 6. The molecule has 0 radical (unpaired) electrons. The van der Waals surface area contributed by atoms with E-state index in [0.717, 1.165) is 43.3 Å². The first-order valence-corrected chi connectivity index (χ1v) is 11.3. The number of sulfonamides is 1. The van der Waals surface area contributed by atoms with Crippen molar-refractivity contribution >= 4 is 33.2 Å². The van der Waals surface area contributed by atoms with Crippen molar-refractivity contribution in [2.75, 3.05) is 28.0 Å². The van der Waals surface area contributed by atoms with Crippen LogP contribution in [0.2, 0.25) is 0 Å². The van der Waals surface area contributed by atoms with Crippen LogP contribution in [0.15, 0.2) is 41.6 Å². The predicted octanol–water partition coefficient (Wildman–Crippen LogP) is 2.97. The summed E-state index contributed by atoms with van der Waals surface area (Å²) in [5.74, 6) is 2.08. The Balaban J connectivity index is 1.47. The number of nitrogens with one attached hydrogen (secondary N) is 2. The van der Waals surface area contributed by atoms with Gasteiger partial charge in [-0.05, 0) is 51.0 Å². The lowest BCUT2D eigenvalue weighted by Crippen LogP contribution is -2.21. The summed E-state index contributed by atoms with van der Waals surface area (Å²) >= 11 is 0. The highest BCUT2D eigenvalue weighted by molar-refractivity contribution is 7.92. The molecule has 0 unspecified atom stereocenters. The van der Waals surface area contributed by atoms with Gasteiger partial charge in [0.05, 0.1) is 0 Å². The minimum atomic E-state index is -3.74. The quantitative estimate of drug-likeness (QED) is 0.623. The highest BCUT2D eigenvalue weighted by Gasteiger charge is 2.19. The average Bonchev–Trinajstić information content (AvgIpc) is 3.34. The maximum Gasteiger partial charge on any atom is 0.280 e. The zero-order valence-electron chi connectivity index (χ0n) is 17.3. The van der Waals surface area contributed by atoms with Gasteiger partial charge in [-0.15, -0.1) is 0 Å². The Labute approximate surface area is 176 Å². The first kappa shape index (κ1) is 20.1. The Morgan fingerprint density at radius 1 is 0.967 bits per heavy atom. The fraction of sp³-hybridized carbons (Fsp3) is 0.350. The van der Waals surface area contributed by atoms with E-state index in [1.807, 2.05) is 13.0 Å². The van der Waals surface area contributed by atoms with Crippen LogP contribution in [0.5, 0.6) is 0 Å². The zero-order chi connectivity index (χ0) is 21.3. The Hall–Kier alpha value is -3.14. The smallest absolute Gasteiger partial charge is 0.280 e. The van der Waals surface area contributed by atoms with Crippen molar-refractivity contribution in [3.63, 3.8) is 0 Å². The predicted molar refractivity (Wildman–Crippen MR) is 117 cm³/mol. The van der Waals surface area contributed by atoms with Gasteiger partial charge >= 0.3 is 0 Å². The number of aromatic nitrogens is 4. The fourth-order valence-electron chi connectivity index (χ4n) is 3.31. The molecule has 3 aromatic rings. The minimum Gasteiger partial charge on any atom is -0.341 e. The molecule has 2 aromatic heterocycles. The van der Waals surface area contributed by atoms with Gasteiger partial charge in [0.25, 0.3) is 10.0 Å². The van der Waals surface area contributed by atoms with Crippen LogP contribution in [-0.2, 0) is 17.1 Å². The number of anilines is 4. The fourth-order valence-corrected chi connectivity index (χ4v) is 4.41. The maximum absolute atomic E-state index is 12.5. The van der Waals surface area contributed by atoms with Crippen molar-refractivity contribution in [2.45, 2.75) is 31.7 Å². The molecule has 0 spiro atoms. The normalized spacial score (nSPS) is 14.2. The Kier molecular flexibility index (Phi) is 5.33. The molecule has 0 amide bonds. The molecule has 4 rings (SSSR count). The molecule has 158 valence electrons. The molecule has 1 aromatic carbocycles. The lowest BCUT2D eigenvalue weighted by atomic mass is 10.3. The third-order valence-electron chi connectivity index (χ3n) is 5.00. The van der Waals surface area contributed by atoms with Crippen molar-refractivity contribution in [1.82, 2.24) is 19.5 Å². The van der Waals surface area contributed by atoms with Gasteiger partial charge < -0.3 is 14.8 Å². The van der Waals surface area contributed by atoms with Gasteiger partial charge in [-0.2, -0.15) is 13.4 Å². The largest absolute Gasteiger partial charge is 0.341 e. The second kappa shape index (κ2) is 7.94. The molecular weight excluding hydrogens is 402 g/mol. The number of hydrogen-bond donors (Lipinski definition) is 2. The lowest BCUT2D eigenvalue weighted by Gasteiger charge is -2.17. The van der Waals surface area contributed by atoms with E-state index in [-0.39, 0.29) is 5.03 Å². The summed E-state index contributed by atoms with van der Waals surface area (Å²) in [6.07, 6.45) is 3.81. The minimum absolute atomic E-state index is 0.00407. The molecule has 1 aliphatic heterocycles. The standard InChI is InChI=1S/C20H25N7O2S/c1-14-12-18(24-20(21-14)27-10-4-5-11-27)23-16-6-8-17(9-7-16)25-30(28,29)19-13-26(3)15(2)22-19/h6-9,12-13,25H,4-5,10-11H2,1-3H3,(H,21,23,24). The van der Waals surface area contributed by atoms with Crippen LogP contribution < -0.4 is 14.9 Å².